The molecular formula is C19H32O3. The van der Waals surface area contributed by atoms with Crippen molar-refractivity contribution in [1.82, 2.24) is 0 Å². The molecule has 4 aliphatic carbocycles. The summed E-state index contributed by atoms with van der Waals surface area (Å²) in [6, 6.07) is 0. The summed E-state index contributed by atoms with van der Waals surface area (Å²) >= 11 is 0. The number of fused-ring (bicyclic) bond motifs is 5. The first-order valence-electron chi connectivity index (χ1n) is 9.43. The zero-order chi connectivity index (χ0) is 15.8. The van der Waals surface area contributed by atoms with Crippen LogP contribution in [0.3, 0.4) is 0 Å². The molecule has 22 heavy (non-hydrogen) atoms. The van der Waals surface area contributed by atoms with Crippen molar-refractivity contribution in [3.63, 3.8) is 0 Å². The summed E-state index contributed by atoms with van der Waals surface area (Å²) in [7, 11) is 0. The highest BCUT2D eigenvalue weighted by Crippen LogP contribution is 2.67. The van der Waals surface area contributed by atoms with E-state index in [-0.39, 0.29) is 0 Å². The topological polar surface area (TPSA) is 60.7 Å². The molecule has 0 bridgehead atoms. The third-order valence-corrected chi connectivity index (χ3v) is 8.73. The van der Waals surface area contributed by atoms with E-state index in [1.807, 2.05) is 0 Å². The van der Waals surface area contributed by atoms with Crippen molar-refractivity contribution in [3.8, 4) is 0 Å². The number of aliphatic hydroxyl groups excluding tert-OH is 1. The Labute approximate surface area is 134 Å². The van der Waals surface area contributed by atoms with Crippen LogP contribution in [0.15, 0.2) is 0 Å². The van der Waals surface area contributed by atoms with Gasteiger partial charge in [-0.05, 0) is 80.5 Å². The Morgan fingerprint density at radius 1 is 0.818 bits per heavy atom. The Bertz CT molecular complexity index is 462. The summed E-state index contributed by atoms with van der Waals surface area (Å²) in [6.45, 7) is 4.55. The molecule has 126 valence electrons. The van der Waals surface area contributed by atoms with Crippen molar-refractivity contribution in [2.45, 2.75) is 83.5 Å². The highest BCUT2D eigenvalue weighted by Gasteiger charge is 2.66. The minimum absolute atomic E-state index is 0.359. The zero-order valence-corrected chi connectivity index (χ0v) is 14.1. The molecule has 0 radical (unpaired) electrons. The number of rotatable bonds is 0. The first-order valence-corrected chi connectivity index (χ1v) is 9.43. The first kappa shape index (κ1) is 15.4. The lowest BCUT2D eigenvalue weighted by Gasteiger charge is -2.64. The van der Waals surface area contributed by atoms with Gasteiger partial charge in [-0.1, -0.05) is 20.3 Å². The van der Waals surface area contributed by atoms with Gasteiger partial charge in [0.25, 0.3) is 0 Å². The monoisotopic (exact) mass is 308 g/mol. The Morgan fingerprint density at radius 3 is 2.32 bits per heavy atom. The average Bonchev–Trinajstić information content (AvgIpc) is 2.86. The van der Waals surface area contributed by atoms with Crippen LogP contribution < -0.4 is 0 Å². The summed E-state index contributed by atoms with van der Waals surface area (Å²) in [4.78, 5) is 0. The van der Waals surface area contributed by atoms with Gasteiger partial charge < -0.3 is 15.3 Å². The van der Waals surface area contributed by atoms with Crippen LogP contribution in [-0.2, 0) is 0 Å². The molecule has 0 aromatic heterocycles. The second kappa shape index (κ2) is 4.70. The van der Waals surface area contributed by atoms with Crippen molar-refractivity contribution in [2.24, 2.45) is 34.5 Å². The van der Waals surface area contributed by atoms with Crippen LogP contribution in [0, 0.1) is 34.5 Å². The van der Waals surface area contributed by atoms with Gasteiger partial charge in [-0.15, -0.1) is 0 Å². The fraction of sp³-hybridized carbons (Fsp3) is 1.00. The van der Waals surface area contributed by atoms with E-state index in [9.17, 15) is 15.3 Å². The molecular weight excluding hydrogens is 276 g/mol. The van der Waals surface area contributed by atoms with Gasteiger partial charge in [-0.25, -0.2) is 0 Å². The molecule has 0 spiro atoms. The molecule has 3 nitrogen and oxygen atoms in total. The SMILES string of the molecule is C[C@@]12CCC[C@H]1[C@@H]1CC[C@H]3CCC(O)C(O)(O)[C@]3(C)[C@H]1CC2. The molecule has 4 fully saturated rings. The molecule has 0 saturated heterocycles. The summed E-state index contributed by atoms with van der Waals surface area (Å²) in [5.41, 5.74) is -0.0390. The van der Waals surface area contributed by atoms with Crippen molar-refractivity contribution >= 4 is 0 Å². The van der Waals surface area contributed by atoms with Crippen molar-refractivity contribution < 1.29 is 15.3 Å². The minimum Gasteiger partial charge on any atom is -0.387 e. The van der Waals surface area contributed by atoms with Gasteiger partial charge in [0.15, 0.2) is 5.79 Å². The number of hydrogen-bond donors (Lipinski definition) is 3. The van der Waals surface area contributed by atoms with Gasteiger partial charge in [0.2, 0.25) is 0 Å². The highest BCUT2D eigenvalue weighted by atomic mass is 16.5. The maximum atomic E-state index is 10.8. The molecule has 7 atom stereocenters. The molecule has 0 heterocycles. The Morgan fingerprint density at radius 2 is 1.55 bits per heavy atom. The van der Waals surface area contributed by atoms with Crippen LogP contribution >= 0.6 is 0 Å². The van der Waals surface area contributed by atoms with Crippen LogP contribution in [0.2, 0.25) is 0 Å². The molecule has 0 aromatic carbocycles. The number of hydrogen-bond acceptors (Lipinski definition) is 3. The highest BCUT2D eigenvalue weighted by molar-refractivity contribution is 5.12. The van der Waals surface area contributed by atoms with Gasteiger partial charge in [-0.3, -0.25) is 0 Å². The molecule has 3 N–H and O–H groups in total. The quantitative estimate of drug-likeness (QED) is 0.603. The van der Waals surface area contributed by atoms with Gasteiger partial charge in [0, 0.05) is 5.41 Å². The van der Waals surface area contributed by atoms with Crippen LogP contribution in [0.4, 0.5) is 0 Å². The summed E-state index contributed by atoms with van der Waals surface area (Å²) in [5.74, 6) is 0.210. The molecule has 4 aliphatic rings. The summed E-state index contributed by atoms with van der Waals surface area (Å²) < 4.78 is 0. The summed E-state index contributed by atoms with van der Waals surface area (Å²) in [5, 5.41) is 32.0. The van der Waals surface area contributed by atoms with Crippen molar-refractivity contribution in [2.75, 3.05) is 0 Å². The van der Waals surface area contributed by atoms with Crippen LogP contribution in [0.1, 0.15) is 71.6 Å². The lowest BCUT2D eigenvalue weighted by molar-refractivity contribution is -0.348. The molecule has 4 saturated carbocycles. The van der Waals surface area contributed by atoms with Crippen LogP contribution in [-0.4, -0.2) is 27.2 Å². The fourth-order valence-electron chi connectivity index (χ4n) is 7.36. The largest absolute Gasteiger partial charge is 0.387 e. The van der Waals surface area contributed by atoms with Crippen molar-refractivity contribution in [3.05, 3.63) is 0 Å². The third kappa shape index (κ3) is 1.74. The second-order valence-corrected chi connectivity index (χ2v) is 9.34. The first-order chi connectivity index (χ1) is 10.3. The van der Waals surface area contributed by atoms with E-state index >= 15 is 0 Å². The second-order valence-electron chi connectivity index (χ2n) is 9.34. The standard InChI is InChI=1S/C19H32O3/c1-17-10-3-4-14(17)13-7-5-12-6-8-16(20)19(21,22)18(12,2)15(13)9-11-17/h12-16,20-22H,3-11H2,1-2H3/t12-,13-,14-,15-,16?,17-,18-/m0/s1. The zero-order valence-electron chi connectivity index (χ0n) is 14.1. The lowest BCUT2D eigenvalue weighted by Crippen LogP contribution is -2.67. The third-order valence-electron chi connectivity index (χ3n) is 8.73. The van der Waals surface area contributed by atoms with E-state index in [0.717, 1.165) is 25.2 Å². The number of aliphatic hydroxyl groups is 3. The maximum Gasteiger partial charge on any atom is 0.195 e. The van der Waals surface area contributed by atoms with Crippen LogP contribution in [0.25, 0.3) is 0 Å². The molecule has 1 unspecified atom stereocenters. The van der Waals surface area contributed by atoms with Gasteiger partial charge in [0.05, 0.1) is 0 Å². The Kier molecular flexibility index (Phi) is 3.30. The minimum atomic E-state index is -1.91. The predicted molar refractivity (Wildman–Crippen MR) is 84.9 cm³/mol. The molecule has 0 aliphatic heterocycles. The molecule has 3 heteroatoms. The smallest absolute Gasteiger partial charge is 0.195 e. The lowest BCUT2D eigenvalue weighted by atomic mass is 9.43. The Hall–Kier alpha value is -0.120. The van der Waals surface area contributed by atoms with Crippen molar-refractivity contribution in [1.29, 1.82) is 0 Å². The molecule has 4 rings (SSSR count). The normalized spacial score (nSPS) is 56.9. The van der Waals surface area contributed by atoms with E-state index in [1.165, 1.54) is 32.1 Å². The maximum absolute atomic E-state index is 10.8. The van der Waals surface area contributed by atoms with Gasteiger partial charge in [-0.2, -0.15) is 0 Å². The fourth-order valence-corrected chi connectivity index (χ4v) is 7.36. The van der Waals surface area contributed by atoms with E-state index in [2.05, 4.69) is 13.8 Å². The van der Waals surface area contributed by atoms with Gasteiger partial charge in [0.1, 0.15) is 6.10 Å². The molecule has 0 aromatic rings. The van der Waals surface area contributed by atoms with E-state index in [1.54, 1.807) is 0 Å². The van der Waals surface area contributed by atoms with E-state index in [0.29, 0.717) is 29.6 Å². The van der Waals surface area contributed by atoms with E-state index in [4.69, 9.17) is 0 Å². The molecule has 0 amide bonds. The van der Waals surface area contributed by atoms with E-state index < -0.39 is 17.3 Å². The summed E-state index contributed by atoms with van der Waals surface area (Å²) in [6.07, 6.45) is 9.24. The predicted octanol–water partition coefficient (Wildman–Crippen LogP) is 3.07. The van der Waals surface area contributed by atoms with Gasteiger partial charge >= 0.3 is 0 Å². The average molecular weight is 308 g/mol. The Balaban J connectivity index is 1.72. The van der Waals surface area contributed by atoms with Crippen LogP contribution in [0.5, 0.6) is 0 Å².